The molecule has 1 atom stereocenters. The quantitative estimate of drug-likeness (QED) is 0.266. The van der Waals surface area contributed by atoms with Gasteiger partial charge in [-0.3, -0.25) is 10.1 Å². The summed E-state index contributed by atoms with van der Waals surface area (Å²) < 4.78 is 0. The van der Waals surface area contributed by atoms with E-state index >= 15 is 0 Å². The Morgan fingerprint density at radius 2 is 2.04 bits per heavy atom. The normalized spacial score (nSPS) is 18.6. The Morgan fingerprint density at radius 1 is 1.30 bits per heavy atom. The number of aliphatic imine (C=N–C) groups is 1. The van der Waals surface area contributed by atoms with Gasteiger partial charge in [-0.05, 0) is 37.3 Å². The molecule has 0 radical (unpaired) electrons. The zero-order chi connectivity index (χ0) is 19.8. The van der Waals surface area contributed by atoms with Crippen molar-refractivity contribution in [3.63, 3.8) is 0 Å². The van der Waals surface area contributed by atoms with Gasteiger partial charge in [0.25, 0.3) is 5.69 Å². The highest BCUT2D eigenvalue weighted by atomic mass is 32.2. The van der Waals surface area contributed by atoms with Crippen LogP contribution in [0.1, 0.15) is 64.9 Å². The van der Waals surface area contributed by atoms with Gasteiger partial charge >= 0.3 is 0 Å². The Bertz CT molecular complexity index is 661. The summed E-state index contributed by atoms with van der Waals surface area (Å²) in [5, 5.41) is 12.0. The van der Waals surface area contributed by atoms with Crippen molar-refractivity contribution in [2.45, 2.75) is 72.3 Å². The summed E-state index contributed by atoms with van der Waals surface area (Å²) in [4.78, 5) is 18.0. The fourth-order valence-corrected chi connectivity index (χ4v) is 4.71. The van der Waals surface area contributed by atoms with Crippen molar-refractivity contribution in [2.75, 3.05) is 12.3 Å². The number of rotatable bonds is 10. The van der Waals surface area contributed by atoms with E-state index in [1.54, 1.807) is 18.2 Å². The summed E-state index contributed by atoms with van der Waals surface area (Å²) >= 11 is 1.82. The summed E-state index contributed by atoms with van der Waals surface area (Å²) in [5.74, 6) is 1.75. The van der Waals surface area contributed by atoms with E-state index in [1.165, 1.54) is 38.5 Å². The number of nitrogens with zero attached hydrogens (tertiary/aromatic N) is 3. The molecule has 1 aromatic rings. The highest BCUT2D eigenvalue weighted by Gasteiger charge is 2.30. The maximum atomic E-state index is 11.0. The number of hydrogen-bond donors (Lipinski definition) is 0. The van der Waals surface area contributed by atoms with Crippen LogP contribution in [0.4, 0.5) is 11.4 Å². The van der Waals surface area contributed by atoms with Crippen LogP contribution < -0.4 is 0 Å². The molecule has 0 aromatic heterocycles. The van der Waals surface area contributed by atoms with Crippen LogP contribution in [0.25, 0.3) is 0 Å². The third-order valence-corrected chi connectivity index (χ3v) is 6.08. The topological polar surface area (TPSA) is 58.7 Å². The van der Waals surface area contributed by atoms with Gasteiger partial charge in [0.15, 0.2) is 5.17 Å². The molecule has 6 heteroatoms. The van der Waals surface area contributed by atoms with E-state index < -0.39 is 0 Å². The van der Waals surface area contributed by atoms with Crippen molar-refractivity contribution in [1.29, 1.82) is 0 Å². The minimum Gasteiger partial charge on any atom is -0.347 e. The molecule has 1 heterocycles. The lowest BCUT2D eigenvalue weighted by molar-refractivity contribution is -0.384. The Hall–Kier alpha value is -1.56. The third-order valence-electron chi connectivity index (χ3n) is 4.94. The first-order valence-electron chi connectivity index (χ1n) is 10.2. The zero-order valence-electron chi connectivity index (χ0n) is 17.1. The van der Waals surface area contributed by atoms with Gasteiger partial charge in [0.1, 0.15) is 0 Å². The summed E-state index contributed by atoms with van der Waals surface area (Å²) in [6.45, 7) is 9.75. The zero-order valence-corrected chi connectivity index (χ0v) is 17.9. The molecule has 0 saturated carbocycles. The lowest BCUT2D eigenvalue weighted by Gasteiger charge is -2.27. The third kappa shape index (κ3) is 6.52. The van der Waals surface area contributed by atoms with Crippen LogP contribution >= 0.6 is 11.8 Å². The smallest absolute Gasteiger partial charge is 0.269 e. The van der Waals surface area contributed by atoms with Crippen molar-refractivity contribution in [2.24, 2.45) is 10.9 Å². The van der Waals surface area contributed by atoms with Gasteiger partial charge in [-0.1, -0.05) is 58.2 Å². The Labute approximate surface area is 167 Å². The molecule has 5 nitrogen and oxygen atoms in total. The van der Waals surface area contributed by atoms with E-state index in [9.17, 15) is 10.1 Å². The van der Waals surface area contributed by atoms with Crippen molar-refractivity contribution in [1.82, 2.24) is 4.90 Å². The Kier molecular flexibility index (Phi) is 8.61. The predicted molar refractivity (Wildman–Crippen MR) is 116 cm³/mol. The Balaban J connectivity index is 2.13. The molecule has 1 aromatic carbocycles. The van der Waals surface area contributed by atoms with Gasteiger partial charge in [0, 0.05) is 30.5 Å². The predicted octanol–water partition coefficient (Wildman–Crippen LogP) is 6.32. The molecule has 2 rings (SSSR count). The van der Waals surface area contributed by atoms with E-state index in [-0.39, 0.29) is 10.6 Å². The summed E-state index contributed by atoms with van der Waals surface area (Å²) in [5.41, 5.74) is 1.82. The van der Waals surface area contributed by atoms with E-state index in [1.807, 2.05) is 18.7 Å². The van der Waals surface area contributed by atoms with E-state index in [2.05, 4.69) is 25.7 Å². The molecular formula is C21H33N3O2S. The average Bonchev–Trinajstić information content (AvgIpc) is 2.97. The second-order valence-corrected chi connectivity index (χ2v) is 8.81. The van der Waals surface area contributed by atoms with Crippen molar-refractivity contribution in [3.8, 4) is 0 Å². The molecule has 1 aliphatic heterocycles. The SMILES string of the molecule is CCCCCCCN1C(=Nc2ccc([N+](=O)[O-])cc2C)SC[C@@H]1CC(C)C. The first-order valence-corrected chi connectivity index (χ1v) is 11.1. The van der Waals surface area contributed by atoms with Crippen LogP contribution in [0.2, 0.25) is 0 Å². The molecule has 150 valence electrons. The van der Waals surface area contributed by atoms with Gasteiger partial charge < -0.3 is 4.90 Å². The molecule has 0 spiro atoms. The van der Waals surface area contributed by atoms with Crippen LogP contribution in [0, 0.1) is 23.0 Å². The highest BCUT2D eigenvalue weighted by Crippen LogP contribution is 2.32. The first-order chi connectivity index (χ1) is 12.9. The number of thioether (sulfide) groups is 1. The van der Waals surface area contributed by atoms with Gasteiger partial charge in [0.05, 0.1) is 10.6 Å². The molecular weight excluding hydrogens is 358 g/mol. The van der Waals surface area contributed by atoms with Gasteiger partial charge in [-0.25, -0.2) is 4.99 Å². The number of hydrogen-bond acceptors (Lipinski definition) is 4. The number of unbranched alkanes of at least 4 members (excludes halogenated alkanes) is 4. The lowest BCUT2D eigenvalue weighted by Crippen LogP contribution is -2.35. The van der Waals surface area contributed by atoms with E-state index in [4.69, 9.17) is 4.99 Å². The highest BCUT2D eigenvalue weighted by molar-refractivity contribution is 8.14. The molecule has 1 saturated heterocycles. The van der Waals surface area contributed by atoms with Crippen molar-refractivity contribution >= 4 is 28.3 Å². The summed E-state index contributed by atoms with van der Waals surface area (Å²) in [6.07, 6.45) is 7.54. The second-order valence-electron chi connectivity index (χ2n) is 7.82. The van der Waals surface area contributed by atoms with E-state index in [0.717, 1.165) is 28.7 Å². The largest absolute Gasteiger partial charge is 0.347 e. The fraction of sp³-hybridized carbons (Fsp3) is 0.667. The molecule has 0 aliphatic carbocycles. The van der Waals surface area contributed by atoms with E-state index in [0.29, 0.717) is 12.0 Å². The van der Waals surface area contributed by atoms with Gasteiger partial charge in [-0.2, -0.15) is 0 Å². The van der Waals surface area contributed by atoms with Crippen LogP contribution in [-0.2, 0) is 0 Å². The Morgan fingerprint density at radius 3 is 2.67 bits per heavy atom. The number of benzene rings is 1. The number of aryl methyl sites for hydroxylation is 1. The summed E-state index contributed by atoms with van der Waals surface area (Å²) in [7, 11) is 0. The van der Waals surface area contributed by atoms with Crippen LogP contribution in [-0.4, -0.2) is 33.3 Å². The number of nitro groups is 1. The molecule has 0 unspecified atom stereocenters. The number of nitro benzene ring substituents is 1. The van der Waals surface area contributed by atoms with Gasteiger partial charge in [-0.15, -0.1) is 0 Å². The second kappa shape index (κ2) is 10.7. The monoisotopic (exact) mass is 391 g/mol. The standard InChI is InChI=1S/C21H33N3O2S/c1-5-6-7-8-9-12-23-19(13-16(2)3)15-27-21(23)22-20-11-10-18(24(25)26)14-17(20)4/h10-11,14,16,19H,5-9,12-13,15H2,1-4H3/t19-/m0/s1. The molecule has 1 fully saturated rings. The first kappa shape index (κ1) is 21.7. The average molecular weight is 392 g/mol. The minimum atomic E-state index is -0.352. The molecule has 0 amide bonds. The minimum absolute atomic E-state index is 0.126. The maximum absolute atomic E-state index is 11.0. The van der Waals surface area contributed by atoms with Crippen LogP contribution in [0.5, 0.6) is 0 Å². The van der Waals surface area contributed by atoms with Crippen molar-refractivity contribution in [3.05, 3.63) is 33.9 Å². The fourth-order valence-electron chi connectivity index (χ4n) is 3.48. The number of amidine groups is 1. The van der Waals surface area contributed by atoms with Gasteiger partial charge in [0.2, 0.25) is 0 Å². The summed E-state index contributed by atoms with van der Waals surface area (Å²) in [6, 6.07) is 5.47. The van der Waals surface area contributed by atoms with Crippen molar-refractivity contribution < 1.29 is 4.92 Å². The molecule has 0 bridgehead atoms. The lowest BCUT2D eigenvalue weighted by atomic mass is 10.0. The maximum Gasteiger partial charge on any atom is 0.269 e. The van der Waals surface area contributed by atoms with Crippen LogP contribution in [0.15, 0.2) is 23.2 Å². The number of non-ortho nitro benzene ring substituents is 1. The molecule has 1 aliphatic rings. The molecule has 0 N–H and O–H groups in total. The van der Waals surface area contributed by atoms with Crippen LogP contribution in [0.3, 0.4) is 0 Å². The molecule has 27 heavy (non-hydrogen) atoms.